The highest BCUT2D eigenvalue weighted by Crippen LogP contribution is 2.15. The molecule has 1 N–H and O–H groups in total. The summed E-state index contributed by atoms with van der Waals surface area (Å²) in [5, 5.41) is 0. The number of aromatic amines is 1. The molecular formula is C7H3F2NO2. The first-order valence-electron chi connectivity index (χ1n) is 3.15. The zero-order valence-corrected chi connectivity index (χ0v) is 5.73. The molecule has 0 radical (unpaired) electrons. The lowest BCUT2D eigenvalue weighted by Gasteiger charge is -1.89. The highest BCUT2D eigenvalue weighted by atomic mass is 19.1. The van der Waals surface area contributed by atoms with E-state index in [4.69, 9.17) is 0 Å². The fourth-order valence-electron chi connectivity index (χ4n) is 0.979. The van der Waals surface area contributed by atoms with Gasteiger partial charge in [0.15, 0.2) is 11.4 Å². The van der Waals surface area contributed by atoms with Crippen LogP contribution in [0.5, 0.6) is 0 Å². The molecule has 0 unspecified atom stereocenters. The molecule has 5 heteroatoms. The highest BCUT2D eigenvalue weighted by molar-refractivity contribution is 5.72. The highest BCUT2D eigenvalue weighted by Gasteiger charge is 2.08. The summed E-state index contributed by atoms with van der Waals surface area (Å²) in [5.41, 5.74) is -0.223. The molecule has 1 aromatic heterocycles. The third-order valence-corrected chi connectivity index (χ3v) is 1.45. The largest absolute Gasteiger partial charge is 0.417 e. The van der Waals surface area contributed by atoms with Crippen molar-refractivity contribution in [2.24, 2.45) is 0 Å². The molecule has 2 aromatic rings. The predicted molar refractivity (Wildman–Crippen MR) is 36.8 cm³/mol. The molecule has 0 fully saturated rings. The molecule has 0 amide bonds. The van der Waals surface area contributed by atoms with Crippen molar-refractivity contribution in [2.75, 3.05) is 0 Å². The van der Waals surface area contributed by atoms with Gasteiger partial charge in [0.05, 0.1) is 0 Å². The summed E-state index contributed by atoms with van der Waals surface area (Å²) in [6.07, 6.45) is 0. The van der Waals surface area contributed by atoms with E-state index in [2.05, 4.69) is 9.40 Å². The van der Waals surface area contributed by atoms with E-state index in [1.807, 2.05) is 0 Å². The van der Waals surface area contributed by atoms with Crippen LogP contribution in [0.4, 0.5) is 8.78 Å². The number of hydrogen-bond donors (Lipinski definition) is 1. The Labute approximate surface area is 64.6 Å². The van der Waals surface area contributed by atoms with Crippen molar-refractivity contribution in [2.45, 2.75) is 0 Å². The molecule has 0 atom stereocenters. The topological polar surface area (TPSA) is 46.0 Å². The molecule has 0 aliphatic carbocycles. The van der Waals surface area contributed by atoms with Crippen molar-refractivity contribution < 1.29 is 13.2 Å². The average molecular weight is 171 g/mol. The maximum Gasteiger partial charge on any atom is 0.417 e. The SMILES string of the molecule is O=c1[nH]c2c(F)cc(F)cc2o1. The zero-order valence-electron chi connectivity index (χ0n) is 5.73. The maximum atomic E-state index is 12.8. The quantitative estimate of drug-likeness (QED) is 0.651. The lowest BCUT2D eigenvalue weighted by Crippen LogP contribution is -1.93. The Bertz CT molecular complexity index is 486. The summed E-state index contributed by atoms with van der Waals surface area (Å²) >= 11 is 0. The van der Waals surface area contributed by atoms with Crippen LogP contribution < -0.4 is 5.76 Å². The van der Waals surface area contributed by atoms with Crippen molar-refractivity contribution >= 4 is 11.1 Å². The second-order valence-electron chi connectivity index (χ2n) is 2.28. The second-order valence-corrected chi connectivity index (χ2v) is 2.28. The summed E-state index contributed by atoms with van der Waals surface area (Å²) in [6.45, 7) is 0. The summed E-state index contributed by atoms with van der Waals surface area (Å²) in [5.74, 6) is -2.41. The minimum atomic E-state index is -0.837. The smallest absolute Gasteiger partial charge is 0.408 e. The van der Waals surface area contributed by atoms with Crippen molar-refractivity contribution in [3.05, 3.63) is 34.3 Å². The Hall–Kier alpha value is -1.65. The van der Waals surface area contributed by atoms with Crippen LogP contribution in [-0.4, -0.2) is 4.98 Å². The number of benzene rings is 1. The molecule has 12 heavy (non-hydrogen) atoms. The normalized spacial score (nSPS) is 10.8. The molecule has 1 heterocycles. The van der Waals surface area contributed by atoms with Crippen LogP contribution in [0.15, 0.2) is 21.3 Å². The lowest BCUT2D eigenvalue weighted by atomic mass is 10.3. The van der Waals surface area contributed by atoms with Crippen LogP contribution in [0.1, 0.15) is 0 Å². The number of aromatic nitrogens is 1. The van der Waals surface area contributed by atoms with E-state index in [0.717, 1.165) is 6.07 Å². The molecule has 0 bridgehead atoms. The van der Waals surface area contributed by atoms with Crippen LogP contribution in [0, 0.1) is 11.6 Å². The maximum absolute atomic E-state index is 12.8. The van der Waals surface area contributed by atoms with Gasteiger partial charge in [-0.3, -0.25) is 4.98 Å². The van der Waals surface area contributed by atoms with Crippen LogP contribution in [-0.2, 0) is 0 Å². The van der Waals surface area contributed by atoms with Gasteiger partial charge in [-0.1, -0.05) is 0 Å². The minimum absolute atomic E-state index is 0.110. The van der Waals surface area contributed by atoms with Gasteiger partial charge >= 0.3 is 5.76 Å². The van der Waals surface area contributed by atoms with Gasteiger partial charge in [-0.2, -0.15) is 0 Å². The van der Waals surface area contributed by atoms with Gasteiger partial charge < -0.3 is 4.42 Å². The van der Waals surface area contributed by atoms with Gasteiger partial charge in [-0.15, -0.1) is 0 Å². The number of rotatable bonds is 0. The van der Waals surface area contributed by atoms with Crippen LogP contribution >= 0.6 is 0 Å². The zero-order chi connectivity index (χ0) is 8.72. The molecule has 1 aromatic carbocycles. The van der Waals surface area contributed by atoms with E-state index in [1.54, 1.807) is 0 Å². The molecular weight excluding hydrogens is 168 g/mol. The molecule has 0 saturated carbocycles. The summed E-state index contributed by atoms with van der Waals surface area (Å²) in [6, 6.07) is 1.62. The summed E-state index contributed by atoms with van der Waals surface area (Å²) in [4.78, 5) is 12.6. The van der Waals surface area contributed by atoms with Gasteiger partial charge in [0, 0.05) is 12.1 Å². The third kappa shape index (κ3) is 0.903. The van der Waals surface area contributed by atoms with Crippen molar-refractivity contribution in [3.8, 4) is 0 Å². The van der Waals surface area contributed by atoms with Crippen LogP contribution in [0.25, 0.3) is 11.1 Å². The number of halogens is 2. The molecule has 0 saturated heterocycles. The van der Waals surface area contributed by atoms with E-state index in [1.165, 1.54) is 0 Å². The Morgan fingerprint density at radius 1 is 1.33 bits per heavy atom. The van der Waals surface area contributed by atoms with Crippen LogP contribution in [0.2, 0.25) is 0 Å². The first-order valence-corrected chi connectivity index (χ1v) is 3.15. The standard InChI is InChI=1S/C7H3F2NO2/c8-3-1-4(9)6-5(2-3)12-7(11)10-6/h1-2H,(H,10,11). The minimum Gasteiger partial charge on any atom is -0.408 e. The predicted octanol–water partition coefficient (Wildman–Crippen LogP) is 1.40. The monoisotopic (exact) mass is 171 g/mol. The lowest BCUT2D eigenvalue weighted by molar-refractivity contribution is 0.548. The van der Waals surface area contributed by atoms with E-state index < -0.39 is 17.4 Å². The van der Waals surface area contributed by atoms with Gasteiger partial charge in [-0.05, 0) is 0 Å². The second kappa shape index (κ2) is 2.17. The fraction of sp³-hybridized carbons (Fsp3) is 0. The van der Waals surface area contributed by atoms with Gasteiger partial charge in [-0.25, -0.2) is 13.6 Å². The number of nitrogens with one attached hydrogen (secondary N) is 1. The van der Waals surface area contributed by atoms with Gasteiger partial charge in [0.1, 0.15) is 11.3 Å². The third-order valence-electron chi connectivity index (χ3n) is 1.45. The van der Waals surface area contributed by atoms with E-state index in [0.29, 0.717) is 6.07 Å². The molecule has 2 rings (SSSR count). The average Bonchev–Trinajstić information content (AvgIpc) is 2.29. The van der Waals surface area contributed by atoms with Crippen LogP contribution in [0.3, 0.4) is 0 Å². The number of hydrogen-bond acceptors (Lipinski definition) is 2. The Kier molecular flexibility index (Phi) is 1.27. The number of H-pyrrole nitrogens is 1. The first kappa shape index (κ1) is 7.02. The molecule has 0 aliphatic heterocycles. The Morgan fingerprint density at radius 2 is 2.08 bits per heavy atom. The molecule has 0 spiro atoms. The van der Waals surface area contributed by atoms with E-state index in [9.17, 15) is 13.6 Å². The molecule has 0 aliphatic rings. The molecule has 62 valence electrons. The van der Waals surface area contributed by atoms with Gasteiger partial charge in [0.2, 0.25) is 0 Å². The Balaban J connectivity index is 2.97. The molecule has 3 nitrogen and oxygen atoms in total. The fourth-order valence-corrected chi connectivity index (χ4v) is 0.979. The summed E-state index contributed by atoms with van der Waals surface area (Å²) < 4.78 is 29.7. The number of oxazole rings is 1. The van der Waals surface area contributed by atoms with Crippen molar-refractivity contribution in [3.63, 3.8) is 0 Å². The van der Waals surface area contributed by atoms with Crippen molar-refractivity contribution in [1.82, 2.24) is 4.98 Å². The first-order chi connectivity index (χ1) is 5.66. The van der Waals surface area contributed by atoms with Crippen molar-refractivity contribution in [1.29, 1.82) is 0 Å². The van der Waals surface area contributed by atoms with Gasteiger partial charge in [0.25, 0.3) is 0 Å². The Morgan fingerprint density at radius 3 is 2.83 bits per heavy atom. The van der Waals surface area contributed by atoms with E-state index >= 15 is 0 Å². The van der Waals surface area contributed by atoms with E-state index in [-0.39, 0.29) is 11.1 Å². The number of fused-ring (bicyclic) bond motifs is 1. The summed E-state index contributed by atoms with van der Waals surface area (Å²) in [7, 11) is 0.